The Labute approximate surface area is 79.1 Å². The molecule has 0 bridgehead atoms. The Morgan fingerprint density at radius 3 is 2.46 bits per heavy atom. The van der Waals surface area contributed by atoms with E-state index in [9.17, 15) is 10.1 Å². The van der Waals surface area contributed by atoms with E-state index in [1.54, 1.807) is 0 Å². The van der Waals surface area contributed by atoms with Gasteiger partial charge in [-0.2, -0.15) is 0 Å². The van der Waals surface area contributed by atoms with Crippen LogP contribution in [0.2, 0.25) is 0 Å². The monoisotopic (exact) mass is 186 g/mol. The molecule has 4 nitrogen and oxygen atoms in total. The molecule has 3 unspecified atom stereocenters. The second-order valence-corrected chi connectivity index (χ2v) is 4.17. The van der Waals surface area contributed by atoms with Gasteiger partial charge in [0.25, 0.3) is 0 Å². The van der Waals surface area contributed by atoms with Crippen LogP contribution in [-0.2, 0) is 0 Å². The number of hydrogen-bond donors (Lipinski definition) is 0. The van der Waals surface area contributed by atoms with Crippen molar-refractivity contribution in [3.8, 4) is 0 Å². The molecule has 0 heterocycles. The standard InChI is InChI=1S/C9H18N2O2/c1-7-8(10(2)3)5-4-6-9(7)11(12)13/h7-9H,4-6H2,1-3H3. The third-order valence-electron chi connectivity index (χ3n) is 3.15. The van der Waals surface area contributed by atoms with E-state index in [1.807, 2.05) is 21.0 Å². The van der Waals surface area contributed by atoms with Gasteiger partial charge in [-0.25, -0.2) is 0 Å². The molecule has 0 saturated heterocycles. The maximum atomic E-state index is 10.7. The quantitative estimate of drug-likeness (QED) is 0.483. The Morgan fingerprint density at radius 1 is 1.38 bits per heavy atom. The predicted octanol–water partition coefficient (Wildman–Crippen LogP) is 1.38. The van der Waals surface area contributed by atoms with Gasteiger partial charge in [-0.05, 0) is 26.9 Å². The first-order valence-corrected chi connectivity index (χ1v) is 4.84. The van der Waals surface area contributed by atoms with Gasteiger partial charge in [-0.3, -0.25) is 10.1 Å². The lowest BCUT2D eigenvalue weighted by Gasteiger charge is -2.35. The highest BCUT2D eigenvalue weighted by molar-refractivity contribution is 4.83. The van der Waals surface area contributed by atoms with Crippen molar-refractivity contribution >= 4 is 0 Å². The van der Waals surface area contributed by atoms with Crippen molar-refractivity contribution < 1.29 is 4.92 Å². The largest absolute Gasteiger partial charge is 0.306 e. The average Bonchev–Trinajstić information content (AvgIpc) is 2.03. The van der Waals surface area contributed by atoms with E-state index < -0.39 is 0 Å². The van der Waals surface area contributed by atoms with Crippen LogP contribution in [0.25, 0.3) is 0 Å². The molecule has 0 aliphatic heterocycles. The van der Waals surface area contributed by atoms with E-state index in [0.717, 1.165) is 19.3 Å². The normalized spacial score (nSPS) is 34.9. The van der Waals surface area contributed by atoms with Crippen molar-refractivity contribution in [1.82, 2.24) is 4.90 Å². The fourth-order valence-electron chi connectivity index (χ4n) is 2.34. The minimum absolute atomic E-state index is 0.111. The minimum Gasteiger partial charge on any atom is -0.306 e. The van der Waals surface area contributed by atoms with Crippen molar-refractivity contribution in [3.05, 3.63) is 10.1 Å². The number of nitro groups is 1. The van der Waals surface area contributed by atoms with E-state index in [-0.39, 0.29) is 16.9 Å². The Bertz CT molecular complexity index is 194. The fourth-order valence-corrected chi connectivity index (χ4v) is 2.34. The SMILES string of the molecule is CC1C(N(C)C)CCCC1[N+](=O)[O-]. The van der Waals surface area contributed by atoms with Gasteiger partial charge in [-0.15, -0.1) is 0 Å². The zero-order chi connectivity index (χ0) is 10.0. The lowest BCUT2D eigenvalue weighted by atomic mass is 9.81. The second kappa shape index (κ2) is 4.05. The van der Waals surface area contributed by atoms with Gasteiger partial charge in [-0.1, -0.05) is 6.92 Å². The molecule has 3 atom stereocenters. The highest BCUT2D eigenvalue weighted by Crippen LogP contribution is 2.28. The van der Waals surface area contributed by atoms with Crippen molar-refractivity contribution in [2.75, 3.05) is 14.1 Å². The molecule has 0 aromatic rings. The average molecular weight is 186 g/mol. The van der Waals surface area contributed by atoms with Crippen LogP contribution in [0, 0.1) is 16.0 Å². The van der Waals surface area contributed by atoms with E-state index in [4.69, 9.17) is 0 Å². The van der Waals surface area contributed by atoms with Gasteiger partial charge >= 0.3 is 0 Å². The van der Waals surface area contributed by atoms with Crippen LogP contribution < -0.4 is 0 Å². The van der Waals surface area contributed by atoms with Crippen LogP contribution in [0.4, 0.5) is 0 Å². The molecule has 1 fully saturated rings. The minimum atomic E-state index is -0.332. The van der Waals surface area contributed by atoms with Crippen LogP contribution in [0.1, 0.15) is 26.2 Å². The molecular weight excluding hydrogens is 168 g/mol. The van der Waals surface area contributed by atoms with Crippen LogP contribution in [0.5, 0.6) is 0 Å². The summed E-state index contributed by atoms with van der Waals surface area (Å²) in [5.41, 5.74) is 0. The molecular formula is C9H18N2O2. The summed E-state index contributed by atoms with van der Waals surface area (Å²) in [4.78, 5) is 12.7. The van der Waals surface area contributed by atoms with Crippen LogP contribution in [-0.4, -0.2) is 36.0 Å². The van der Waals surface area contributed by atoms with Gasteiger partial charge in [0.15, 0.2) is 0 Å². The highest BCUT2D eigenvalue weighted by atomic mass is 16.6. The summed E-state index contributed by atoms with van der Waals surface area (Å²) in [5.74, 6) is 0.179. The van der Waals surface area contributed by atoms with E-state index in [1.165, 1.54) is 0 Å². The Hall–Kier alpha value is -0.640. The molecule has 0 aromatic heterocycles. The summed E-state index contributed by atoms with van der Waals surface area (Å²) < 4.78 is 0. The number of nitrogens with zero attached hydrogens (tertiary/aromatic N) is 2. The molecule has 0 radical (unpaired) electrons. The second-order valence-electron chi connectivity index (χ2n) is 4.17. The van der Waals surface area contributed by atoms with Crippen LogP contribution >= 0.6 is 0 Å². The fraction of sp³-hybridized carbons (Fsp3) is 1.00. The van der Waals surface area contributed by atoms with Crippen molar-refractivity contribution in [2.45, 2.75) is 38.3 Å². The maximum Gasteiger partial charge on any atom is 0.217 e. The topological polar surface area (TPSA) is 46.4 Å². The lowest BCUT2D eigenvalue weighted by molar-refractivity contribution is -0.536. The maximum absolute atomic E-state index is 10.7. The van der Waals surface area contributed by atoms with E-state index in [0.29, 0.717) is 6.04 Å². The smallest absolute Gasteiger partial charge is 0.217 e. The summed E-state index contributed by atoms with van der Waals surface area (Å²) in [7, 11) is 4.01. The van der Waals surface area contributed by atoms with Crippen molar-refractivity contribution in [2.24, 2.45) is 5.92 Å². The lowest BCUT2D eigenvalue weighted by Crippen LogP contribution is -2.45. The van der Waals surface area contributed by atoms with Gasteiger partial charge < -0.3 is 4.90 Å². The Balaban J connectivity index is 2.65. The predicted molar refractivity (Wildman–Crippen MR) is 51.3 cm³/mol. The Kier molecular flexibility index (Phi) is 3.25. The zero-order valence-corrected chi connectivity index (χ0v) is 8.56. The number of hydrogen-bond acceptors (Lipinski definition) is 3. The van der Waals surface area contributed by atoms with Gasteiger partial charge in [0.1, 0.15) is 0 Å². The van der Waals surface area contributed by atoms with Crippen molar-refractivity contribution in [1.29, 1.82) is 0 Å². The molecule has 0 amide bonds. The van der Waals surface area contributed by atoms with Crippen LogP contribution in [0.15, 0.2) is 0 Å². The summed E-state index contributed by atoms with van der Waals surface area (Å²) in [6.45, 7) is 2.00. The third-order valence-corrected chi connectivity index (χ3v) is 3.15. The molecule has 1 rings (SSSR count). The summed E-state index contributed by atoms with van der Waals surface area (Å²) >= 11 is 0. The molecule has 0 N–H and O–H groups in total. The highest BCUT2D eigenvalue weighted by Gasteiger charge is 2.38. The van der Waals surface area contributed by atoms with E-state index in [2.05, 4.69) is 4.90 Å². The molecule has 1 aliphatic rings. The van der Waals surface area contributed by atoms with Crippen molar-refractivity contribution in [3.63, 3.8) is 0 Å². The van der Waals surface area contributed by atoms with Crippen LogP contribution in [0.3, 0.4) is 0 Å². The first kappa shape index (κ1) is 10.4. The molecule has 4 heteroatoms. The van der Waals surface area contributed by atoms with E-state index >= 15 is 0 Å². The molecule has 13 heavy (non-hydrogen) atoms. The number of rotatable bonds is 2. The summed E-state index contributed by atoms with van der Waals surface area (Å²) in [6.07, 6.45) is 2.83. The first-order chi connectivity index (χ1) is 6.04. The zero-order valence-electron chi connectivity index (χ0n) is 8.56. The summed E-state index contributed by atoms with van der Waals surface area (Å²) in [6, 6.07) is 0.0466. The van der Waals surface area contributed by atoms with Gasteiger partial charge in [0.2, 0.25) is 6.04 Å². The molecule has 1 aliphatic carbocycles. The third kappa shape index (κ3) is 2.18. The summed E-state index contributed by atoms with van der Waals surface area (Å²) in [5, 5.41) is 10.7. The van der Waals surface area contributed by atoms with Gasteiger partial charge in [0.05, 0.1) is 0 Å². The Morgan fingerprint density at radius 2 is 2.00 bits per heavy atom. The molecule has 0 aromatic carbocycles. The molecule has 1 saturated carbocycles. The first-order valence-electron chi connectivity index (χ1n) is 4.84. The molecule has 76 valence electrons. The molecule has 0 spiro atoms. The van der Waals surface area contributed by atoms with Gasteiger partial charge in [0, 0.05) is 23.3 Å².